The maximum absolute atomic E-state index is 12.7. The molecular weight excluding hydrogens is 642 g/mol. The van der Waals surface area contributed by atoms with Gasteiger partial charge in [-0.2, -0.15) is 0 Å². The smallest absolute Gasteiger partial charge is 0.306 e. The summed E-state index contributed by atoms with van der Waals surface area (Å²) >= 11 is 0. The van der Waals surface area contributed by atoms with Crippen LogP contribution in [0.25, 0.3) is 0 Å². The van der Waals surface area contributed by atoms with E-state index in [0.29, 0.717) is 12.8 Å². The molecule has 0 aliphatic heterocycles. The van der Waals surface area contributed by atoms with E-state index < -0.39 is 18.1 Å². The lowest BCUT2D eigenvalue weighted by molar-refractivity contribution is -0.889. The molecule has 0 bridgehead atoms. The summed E-state index contributed by atoms with van der Waals surface area (Å²) in [5, 5.41) is 11.6. The average Bonchev–Trinajstić information content (AvgIpc) is 3.08. The summed E-state index contributed by atoms with van der Waals surface area (Å²) in [5.74, 6) is -1.76. The van der Waals surface area contributed by atoms with E-state index in [9.17, 15) is 19.5 Å². The molecule has 51 heavy (non-hydrogen) atoms. The molecule has 0 aliphatic carbocycles. The van der Waals surface area contributed by atoms with E-state index in [2.05, 4.69) is 62.5 Å². The van der Waals surface area contributed by atoms with Gasteiger partial charge in [-0.15, -0.1) is 0 Å². The summed E-state index contributed by atoms with van der Waals surface area (Å²) in [4.78, 5) is 36.6. The Morgan fingerprint density at radius 3 is 1.63 bits per heavy atom. The summed E-state index contributed by atoms with van der Waals surface area (Å²) in [6.07, 6.45) is 38.5. The predicted molar refractivity (Wildman–Crippen MR) is 208 cm³/mol. The highest BCUT2D eigenvalue weighted by Crippen LogP contribution is 2.13. The van der Waals surface area contributed by atoms with Crippen LogP contribution < -0.4 is 5.11 Å². The van der Waals surface area contributed by atoms with Crippen LogP contribution in [0, 0.1) is 0 Å². The first kappa shape index (κ1) is 48.3. The first-order valence-electron chi connectivity index (χ1n) is 20.2. The second-order valence-electron chi connectivity index (χ2n) is 14.5. The Bertz CT molecular complexity index is 979. The van der Waals surface area contributed by atoms with Crippen molar-refractivity contribution in [2.45, 2.75) is 167 Å². The summed E-state index contributed by atoms with van der Waals surface area (Å²) in [6.45, 7) is 4.49. The third kappa shape index (κ3) is 32.9. The molecule has 0 fully saturated rings. The zero-order valence-electron chi connectivity index (χ0n) is 33.3. The molecule has 8 nitrogen and oxygen atoms in total. The van der Waals surface area contributed by atoms with Crippen LogP contribution >= 0.6 is 0 Å². The monoisotopic (exact) mass is 718 g/mol. The van der Waals surface area contributed by atoms with Crippen LogP contribution in [-0.4, -0.2) is 75.5 Å². The van der Waals surface area contributed by atoms with Gasteiger partial charge in [-0.05, 0) is 51.4 Å². The van der Waals surface area contributed by atoms with Crippen LogP contribution in [0.4, 0.5) is 0 Å². The largest absolute Gasteiger partial charge is 0.544 e. The molecule has 0 aromatic carbocycles. The Morgan fingerprint density at radius 2 is 1.10 bits per heavy atom. The SMILES string of the molecule is CC/C=C\C/C=C\C/C=C\C/C=C\CCCCCCCCC(=O)OC(COCCC(C(=O)[O-])[N+](C)(C)C)COC(=O)CCCCCCCCCC. The molecule has 0 aromatic rings. The normalized spacial score (nSPS) is 13.5. The van der Waals surface area contributed by atoms with E-state index >= 15 is 0 Å². The maximum Gasteiger partial charge on any atom is 0.306 e. The second kappa shape index (κ2) is 34.4. The van der Waals surface area contributed by atoms with Crippen LogP contribution in [0.3, 0.4) is 0 Å². The lowest BCUT2D eigenvalue weighted by Crippen LogP contribution is -2.55. The number of carbonyl (C=O) groups excluding carboxylic acids is 3. The molecule has 294 valence electrons. The van der Waals surface area contributed by atoms with Crippen molar-refractivity contribution in [1.29, 1.82) is 0 Å². The molecule has 0 heterocycles. The van der Waals surface area contributed by atoms with Crippen LogP contribution in [0.1, 0.15) is 155 Å². The van der Waals surface area contributed by atoms with Gasteiger partial charge in [0.15, 0.2) is 6.10 Å². The Hall–Kier alpha value is -2.71. The molecule has 0 saturated heterocycles. The van der Waals surface area contributed by atoms with E-state index in [1.54, 1.807) is 21.1 Å². The molecule has 0 N–H and O–H groups in total. The zero-order chi connectivity index (χ0) is 37.8. The number of unbranched alkanes of at least 4 members (excludes halogenated alkanes) is 13. The van der Waals surface area contributed by atoms with E-state index in [0.717, 1.165) is 77.0 Å². The minimum absolute atomic E-state index is 0.0347. The van der Waals surface area contributed by atoms with Crippen LogP contribution in [0.2, 0.25) is 0 Å². The Morgan fingerprint density at radius 1 is 0.608 bits per heavy atom. The predicted octanol–water partition coefficient (Wildman–Crippen LogP) is 9.13. The fraction of sp³-hybridized carbons (Fsp3) is 0.744. The van der Waals surface area contributed by atoms with Crippen LogP contribution in [-0.2, 0) is 28.6 Å². The van der Waals surface area contributed by atoms with Gasteiger partial charge in [-0.1, -0.05) is 133 Å². The first-order valence-corrected chi connectivity index (χ1v) is 20.2. The molecule has 2 unspecified atom stereocenters. The number of hydrogen-bond donors (Lipinski definition) is 0. The number of hydrogen-bond acceptors (Lipinski definition) is 7. The van der Waals surface area contributed by atoms with E-state index in [1.165, 1.54) is 44.9 Å². The van der Waals surface area contributed by atoms with E-state index in [4.69, 9.17) is 14.2 Å². The molecule has 0 rings (SSSR count). The van der Waals surface area contributed by atoms with Crippen LogP contribution in [0.15, 0.2) is 48.6 Å². The number of esters is 2. The number of likely N-dealkylation sites (N-methyl/N-ethyl adjacent to an activating group) is 1. The minimum Gasteiger partial charge on any atom is -0.544 e. The number of allylic oxidation sites excluding steroid dienone is 8. The van der Waals surface area contributed by atoms with Crippen molar-refractivity contribution >= 4 is 17.9 Å². The van der Waals surface area contributed by atoms with Gasteiger partial charge in [0.05, 0.1) is 40.3 Å². The molecule has 0 spiro atoms. The highest BCUT2D eigenvalue weighted by atomic mass is 16.6. The van der Waals surface area contributed by atoms with Crippen molar-refractivity contribution in [1.82, 2.24) is 0 Å². The number of aliphatic carboxylic acids is 1. The number of carboxylic acids is 1. The summed E-state index contributed by atoms with van der Waals surface area (Å²) in [5.41, 5.74) is 0. The third-order valence-corrected chi connectivity index (χ3v) is 8.73. The Kier molecular flexibility index (Phi) is 32.6. The minimum atomic E-state index is -1.13. The maximum atomic E-state index is 12.7. The average molecular weight is 718 g/mol. The molecular formula is C43H75NO7. The molecule has 0 amide bonds. The van der Waals surface area contributed by atoms with Gasteiger partial charge in [0, 0.05) is 19.3 Å². The number of ether oxygens (including phenoxy) is 3. The van der Waals surface area contributed by atoms with Crippen molar-refractivity contribution in [3.05, 3.63) is 48.6 Å². The van der Waals surface area contributed by atoms with Crippen molar-refractivity contribution in [3.63, 3.8) is 0 Å². The Labute approximate surface area is 312 Å². The standard InChI is InChI=1S/C43H75NO7/c1-6-8-10-12-14-16-17-18-19-20-21-22-23-24-25-26-28-30-32-34-42(46)51-39(37-49-36-35-40(43(47)48)44(3,4)5)38-50-41(45)33-31-29-27-15-13-11-9-7-2/h8,10,14,16,18-19,21-22,39-40H,6-7,9,11-13,15,17,20,23-38H2,1-5H3/b10-8-,16-14-,19-18-,22-21-. The zero-order valence-corrected chi connectivity index (χ0v) is 33.3. The van der Waals surface area contributed by atoms with Gasteiger partial charge in [0.2, 0.25) is 0 Å². The fourth-order valence-corrected chi connectivity index (χ4v) is 5.59. The number of carbonyl (C=O) groups is 3. The number of carboxylic acid groups (broad SMARTS) is 1. The van der Waals surface area contributed by atoms with Gasteiger partial charge in [0.25, 0.3) is 0 Å². The molecule has 8 heteroatoms. The summed E-state index contributed by atoms with van der Waals surface area (Å²) < 4.78 is 17.1. The van der Waals surface area contributed by atoms with Crippen molar-refractivity contribution < 1.29 is 38.2 Å². The molecule has 0 aliphatic rings. The Balaban J connectivity index is 4.35. The molecule has 0 saturated carbocycles. The van der Waals surface area contributed by atoms with Crippen molar-refractivity contribution in [2.75, 3.05) is 41.0 Å². The topological polar surface area (TPSA) is 102 Å². The fourth-order valence-electron chi connectivity index (χ4n) is 5.59. The molecule has 0 radical (unpaired) electrons. The van der Waals surface area contributed by atoms with E-state index in [1.807, 2.05) is 0 Å². The number of rotatable bonds is 35. The summed E-state index contributed by atoms with van der Waals surface area (Å²) in [7, 11) is 5.39. The van der Waals surface area contributed by atoms with E-state index in [-0.39, 0.29) is 42.7 Å². The molecule has 0 aromatic heterocycles. The lowest BCUT2D eigenvalue weighted by Gasteiger charge is -2.34. The summed E-state index contributed by atoms with van der Waals surface area (Å²) in [6, 6.07) is -0.727. The van der Waals surface area contributed by atoms with Gasteiger partial charge < -0.3 is 28.6 Å². The van der Waals surface area contributed by atoms with Gasteiger partial charge in [0.1, 0.15) is 12.6 Å². The second-order valence-corrected chi connectivity index (χ2v) is 14.5. The van der Waals surface area contributed by atoms with Crippen molar-refractivity contribution in [3.8, 4) is 0 Å². The first-order chi connectivity index (χ1) is 24.6. The highest BCUT2D eigenvalue weighted by Gasteiger charge is 2.25. The van der Waals surface area contributed by atoms with Crippen molar-refractivity contribution in [2.24, 2.45) is 0 Å². The highest BCUT2D eigenvalue weighted by molar-refractivity contribution is 5.70. The van der Waals surface area contributed by atoms with Gasteiger partial charge in [-0.3, -0.25) is 9.59 Å². The quantitative estimate of drug-likeness (QED) is 0.0279. The van der Waals surface area contributed by atoms with Crippen LogP contribution in [0.5, 0.6) is 0 Å². The van der Waals surface area contributed by atoms with Gasteiger partial charge in [-0.25, -0.2) is 0 Å². The third-order valence-electron chi connectivity index (χ3n) is 8.73. The molecule has 2 atom stereocenters. The van der Waals surface area contributed by atoms with Gasteiger partial charge >= 0.3 is 11.9 Å². The number of quaternary nitrogens is 1. The lowest BCUT2D eigenvalue weighted by atomic mass is 10.1. The number of nitrogens with zero attached hydrogens (tertiary/aromatic N) is 1.